The second-order valence-electron chi connectivity index (χ2n) is 6.71. The molecule has 2 heterocycles. The van der Waals surface area contributed by atoms with Gasteiger partial charge in [0.1, 0.15) is 11.6 Å². The van der Waals surface area contributed by atoms with E-state index in [4.69, 9.17) is 0 Å². The summed E-state index contributed by atoms with van der Waals surface area (Å²) in [5, 5.41) is 8.83. The number of aryl methyl sites for hydroxylation is 1. The monoisotopic (exact) mass is 378 g/mol. The van der Waals surface area contributed by atoms with Crippen LogP contribution in [0.15, 0.2) is 66.1 Å². The van der Waals surface area contributed by atoms with E-state index in [1.54, 1.807) is 6.33 Å². The molecule has 1 saturated heterocycles. The zero-order valence-electron chi connectivity index (χ0n) is 15.3. The molecule has 2 aromatic carbocycles. The van der Waals surface area contributed by atoms with Crippen molar-refractivity contribution in [2.24, 2.45) is 0 Å². The van der Waals surface area contributed by atoms with Gasteiger partial charge >= 0.3 is 0 Å². The van der Waals surface area contributed by atoms with Gasteiger partial charge in [0.05, 0.1) is 5.69 Å². The summed E-state index contributed by atoms with van der Waals surface area (Å²) in [7, 11) is 0. The van der Waals surface area contributed by atoms with Gasteiger partial charge < -0.3 is 4.90 Å². The first-order valence-corrected chi connectivity index (χ1v) is 10.1. The van der Waals surface area contributed by atoms with E-state index < -0.39 is 0 Å². The van der Waals surface area contributed by atoms with Crippen molar-refractivity contribution in [1.82, 2.24) is 19.7 Å². The van der Waals surface area contributed by atoms with Crippen LogP contribution < -0.4 is 0 Å². The number of hydrogen-bond acceptors (Lipinski definition) is 4. The lowest BCUT2D eigenvalue weighted by Crippen LogP contribution is -2.31. The highest BCUT2D eigenvalue weighted by molar-refractivity contribution is 8.00. The normalized spacial score (nSPS) is 15.1. The Kier molecular flexibility index (Phi) is 5.25. The number of aromatic nitrogens is 3. The number of likely N-dealkylation sites (tertiary alicyclic amines) is 1. The molecule has 3 aromatic rings. The molecular formula is C21H22N4OS. The maximum Gasteiger partial charge on any atom is 0.240 e. The standard InChI is InChI=1S/C21H22N4OS/c1-16-9-5-6-12-18(16)25-15-22-23-21(25)27-19(17-10-3-2-4-11-17)20(26)24-13-7-8-14-24/h2-6,9-12,15,19H,7-8,13-14H2,1H3. The summed E-state index contributed by atoms with van der Waals surface area (Å²) in [5.74, 6) is 0.156. The van der Waals surface area contributed by atoms with Crippen molar-refractivity contribution in [3.05, 3.63) is 72.1 Å². The first-order chi connectivity index (χ1) is 13.2. The fourth-order valence-electron chi connectivity index (χ4n) is 3.40. The number of nitrogens with zero attached hydrogens (tertiary/aromatic N) is 4. The first-order valence-electron chi connectivity index (χ1n) is 9.20. The van der Waals surface area contributed by atoms with E-state index in [1.807, 2.05) is 58.0 Å². The van der Waals surface area contributed by atoms with Crippen molar-refractivity contribution >= 4 is 17.7 Å². The summed E-state index contributed by atoms with van der Waals surface area (Å²) >= 11 is 1.47. The number of para-hydroxylation sites is 1. The number of benzene rings is 2. The molecule has 0 radical (unpaired) electrons. The molecule has 138 valence electrons. The predicted molar refractivity (Wildman–Crippen MR) is 107 cm³/mol. The lowest BCUT2D eigenvalue weighted by atomic mass is 10.1. The quantitative estimate of drug-likeness (QED) is 0.629. The van der Waals surface area contributed by atoms with Crippen LogP contribution in [0, 0.1) is 6.92 Å². The van der Waals surface area contributed by atoms with E-state index in [2.05, 4.69) is 23.2 Å². The first kappa shape index (κ1) is 17.8. The summed E-state index contributed by atoms with van der Waals surface area (Å²) in [6.45, 7) is 3.74. The molecule has 1 aliphatic heterocycles. The number of hydrogen-bond donors (Lipinski definition) is 0. The third-order valence-corrected chi connectivity index (χ3v) is 6.06. The molecule has 5 nitrogen and oxygen atoms in total. The summed E-state index contributed by atoms with van der Waals surface area (Å²) in [4.78, 5) is 15.2. The molecule has 0 N–H and O–H groups in total. The number of carbonyl (C=O) groups excluding carboxylic acids is 1. The van der Waals surface area contributed by atoms with Gasteiger partial charge in [-0.1, -0.05) is 60.3 Å². The Bertz CT molecular complexity index is 919. The highest BCUT2D eigenvalue weighted by Gasteiger charge is 2.30. The predicted octanol–water partition coefficient (Wildman–Crippen LogP) is 4.03. The fraction of sp³-hybridized carbons (Fsp3) is 0.286. The molecule has 4 rings (SSSR count). The topological polar surface area (TPSA) is 51.0 Å². The van der Waals surface area contributed by atoms with Crippen LogP contribution in [0.4, 0.5) is 0 Å². The second kappa shape index (κ2) is 7.96. The number of carbonyl (C=O) groups is 1. The Morgan fingerprint density at radius 2 is 1.74 bits per heavy atom. The Morgan fingerprint density at radius 3 is 2.48 bits per heavy atom. The molecule has 1 aliphatic rings. The van der Waals surface area contributed by atoms with Gasteiger partial charge in [0.2, 0.25) is 5.91 Å². The molecule has 0 saturated carbocycles. The zero-order valence-corrected chi connectivity index (χ0v) is 16.1. The average Bonchev–Trinajstić information content (AvgIpc) is 3.39. The maximum absolute atomic E-state index is 13.2. The smallest absolute Gasteiger partial charge is 0.240 e. The molecule has 1 unspecified atom stereocenters. The second-order valence-corrected chi connectivity index (χ2v) is 7.78. The number of amides is 1. The molecular weight excluding hydrogens is 356 g/mol. The molecule has 0 bridgehead atoms. The van der Waals surface area contributed by atoms with Crippen LogP contribution in [-0.4, -0.2) is 38.7 Å². The Labute approximate surface area is 163 Å². The molecule has 1 amide bonds. The van der Waals surface area contributed by atoms with Crippen LogP contribution in [0.3, 0.4) is 0 Å². The highest BCUT2D eigenvalue weighted by Crippen LogP contribution is 2.37. The van der Waals surface area contributed by atoms with Gasteiger partial charge in [0.25, 0.3) is 0 Å². The fourth-order valence-corrected chi connectivity index (χ4v) is 4.51. The van der Waals surface area contributed by atoms with Crippen LogP contribution in [0.5, 0.6) is 0 Å². The molecule has 0 aliphatic carbocycles. The van der Waals surface area contributed by atoms with Gasteiger partial charge in [-0.05, 0) is 37.0 Å². The van der Waals surface area contributed by atoms with Gasteiger partial charge in [0.15, 0.2) is 5.16 Å². The van der Waals surface area contributed by atoms with E-state index in [-0.39, 0.29) is 11.2 Å². The Morgan fingerprint density at radius 1 is 1.04 bits per heavy atom. The third-order valence-electron chi connectivity index (χ3n) is 4.86. The lowest BCUT2D eigenvalue weighted by molar-refractivity contribution is -0.129. The average molecular weight is 379 g/mol. The minimum Gasteiger partial charge on any atom is -0.341 e. The van der Waals surface area contributed by atoms with Crippen molar-refractivity contribution < 1.29 is 4.79 Å². The van der Waals surface area contributed by atoms with Crippen LogP contribution >= 0.6 is 11.8 Å². The Balaban J connectivity index is 1.68. The molecule has 27 heavy (non-hydrogen) atoms. The lowest BCUT2D eigenvalue weighted by Gasteiger charge is -2.23. The van der Waals surface area contributed by atoms with Crippen molar-refractivity contribution in [2.45, 2.75) is 30.2 Å². The van der Waals surface area contributed by atoms with E-state index in [0.29, 0.717) is 0 Å². The zero-order chi connectivity index (χ0) is 18.6. The van der Waals surface area contributed by atoms with E-state index in [9.17, 15) is 4.79 Å². The van der Waals surface area contributed by atoms with E-state index in [0.717, 1.165) is 47.9 Å². The minimum absolute atomic E-state index is 0.156. The molecule has 0 spiro atoms. The van der Waals surface area contributed by atoms with Gasteiger partial charge in [0, 0.05) is 13.1 Å². The molecule has 1 aromatic heterocycles. The number of thioether (sulfide) groups is 1. The van der Waals surface area contributed by atoms with Crippen molar-refractivity contribution in [3.8, 4) is 5.69 Å². The van der Waals surface area contributed by atoms with Crippen LogP contribution in [0.1, 0.15) is 29.2 Å². The van der Waals surface area contributed by atoms with E-state index >= 15 is 0 Å². The summed E-state index contributed by atoms with van der Waals surface area (Å²) in [5.41, 5.74) is 3.17. The van der Waals surface area contributed by atoms with Crippen LogP contribution in [0.25, 0.3) is 5.69 Å². The van der Waals surface area contributed by atoms with Crippen molar-refractivity contribution in [1.29, 1.82) is 0 Å². The third kappa shape index (κ3) is 3.76. The maximum atomic E-state index is 13.2. The number of rotatable bonds is 5. The van der Waals surface area contributed by atoms with Crippen LogP contribution in [-0.2, 0) is 4.79 Å². The minimum atomic E-state index is -0.323. The Hall–Kier alpha value is -2.60. The van der Waals surface area contributed by atoms with Crippen molar-refractivity contribution in [2.75, 3.05) is 13.1 Å². The molecule has 1 fully saturated rings. The molecule has 1 atom stereocenters. The molecule has 6 heteroatoms. The van der Waals surface area contributed by atoms with Gasteiger partial charge in [-0.15, -0.1) is 10.2 Å². The van der Waals surface area contributed by atoms with Gasteiger partial charge in [-0.3, -0.25) is 9.36 Å². The van der Waals surface area contributed by atoms with Crippen molar-refractivity contribution in [3.63, 3.8) is 0 Å². The van der Waals surface area contributed by atoms with Gasteiger partial charge in [-0.2, -0.15) is 0 Å². The highest BCUT2D eigenvalue weighted by atomic mass is 32.2. The SMILES string of the molecule is Cc1ccccc1-n1cnnc1SC(C(=O)N1CCCC1)c1ccccc1. The largest absolute Gasteiger partial charge is 0.341 e. The summed E-state index contributed by atoms with van der Waals surface area (Å²) < 4.78 is 1.97. The summed E-state index contributed by atoms with van der Waals surface area (Å²) in [6.07, 6.45) is 3.88. The van der Waals surface area contributed by atoms with E-state index in [1.165, 1.54) is 11.8 Å². The summed E-state index contributed by atoms with van der Waals surface area (Å²) in [6, 6.07) is 18.1. The van der Waals surface area contributed by atoms with Gasteiger partial charge in [-0.25, -0.2) is 0 Å². The van der Waals surface area contributed by atoms with Crippen LogP contribution in [0.2, 0.25) is 0 Å².